The highest BCUT2D eigenvalue weighted by Gasteiger charge is 2.13. The minimum atomic E-state index is -0.408. The van der Waals surface area contributed by atoms with E-state index in [-0.39, 0.29) is 10.8 Å². The number of hydrogen-bond donors (Lipinski definition) is 1. The Kier molecular flexibility index (Phi) is 4.42. The number of amides is 1. The lowest BCUT2D eigenvalue weighted by Crippen LogP contribution is -2.15. The van der Waals surface area contributed by atoms with Gasteiger partial charge in [-0.2, -0.15) is 0 Å². The van der Waals surface area contributed by atoms with Gasteiger partial charge in [0.2, 0.25) is 0 Å². The summed E-state index contributed by atoms with van der Waals surface area (Å²) in [4.78, 5) is 12.0. The third-order valence-corrected chi connectivity index (χ3v) is 3.20. The lowest BCUT2D eigenvalue weighted by molar-refractivity contribution is 0.102. The predicted octanol–water partition coefficient (Wildman–Crippen LogP) is 3.35. The maximum atomic E-state index is 12.0. The van der Waals surface area contributed by atoms with Crippen molar-refractivity contribution in [3.8, 4) is 5.75 Å². The molecule has 5 nitrogen and oxygen atoms in total. The van der Waals surface area contributed by atoms with Crippen LogP contribution in [0, 0.1) is 6.92 Å². The molecule has 2 rings (SSSR count). The lowest BCUT2D eigenvalue weighted by Gasteiger charge is -2.11. The van der Waals surface area contributed by atoms with E-state index in [4.69, 9.17) is 27.9 Å². The van der Waals surface area contributed by atoms with Crippen LogP contribution in [0.15, 0.2) is 24.3 Å². The van der Waals surface area contributed by atoms with Gasteiger partial charge in [0.25, 0.3) is 5.91 Å². The summed E-state index contributed by atoms with van der Waals surface area (Å²) >= 11 is 11.6. The van der Waals surface area contributed by atoms with Crippen LogP contribution in [0.4, 0.5) is 5.69 Å². The topological polar surface area (TPSA) is 64.1 Å². The number of carbonyl (C=O) groups is 1. The standard InChI is InChI=1S/C13H11Cl2N3O2/c1-7-5-10(11(20-2)6-8(7)14)16-13(19)9-3-4-12(15)18-17-9/h3-6H,1-2H3,(H,16,19). The van der Waals surface area contributed by atoms with E-state index in [0.29, 0.717) is 16.5 Å². The van der Waals surface area contributed by atoms with Crippen LogP contribution in [-0.4, -0.2) is 23.2 Å². The predicted molar refractivity (Wildman–Crippen MR) is 77.7 cm³/mol. The third-order valence-electron chi connectivity index (χ3n) is 2.59. The molecule has 0 aliphatic rings. The summed E-state index contributed by atoms with van der Waals surface area (Å²) < 4.78 is 5.18. The van der Waals surface area contributed by atoms with Gasteiger partial charge in [-0.1, -0.05) is 23.2 Å². The molecule has 1 aromatic heterocycles. The smallest absolute Gasteiger partial charge is 0.276 e. The maximum Gasteiger partial charge on any atom is 0.276 e. The lowest BCUT2D eigenvalue weighted by atomic mass is 10.2. The zero-order valence-corrected chi connectivity index (χ0v) is 12.3. The number of aromatic nitrogens is 2. The molecule has 0 saturated heterocycles. The molecule has 1 heterocycles. The minimum Gasteiger partial charge on any atom is -0.495 e. The van der Waals surface area contributed by atoms with Crippen LogP contribution in [0.5, 0.6) is 5.75 Å². The number of anilines is 1. The van der Waals surface area contributed by atoms with E-state index in [1.54, 1.807) is 12.1 Å². The zero-order chi connectivity index (χ0) is 14.7. The van der Waals surface area contributed by atoms with E-state index in [0.717, 1.165) is 5.56 Å². The fraction of sp³-hybridized carbons (Fsp3) is 0.154. The molecule has 1 amide bonds. The number of aryl methyl sites for hydroxylation is 1. The molecule has 0 bridgehead atoms. The van der Waals surface area contributed by atoms with E-state index in [9.17, 15) is 4.79 Å². The number of ether oxygens (including phenoxy) is 1. The fourth-order valence-electron chi connectivity index (χ4n) is 1.55. The molecule has 0 aliphatic carbocycles. The average molecular weight is 312 g/mol. The van der Waals surface area contributed by atoms with Crippen LogP contribution in [-0.2, 0) is 0 Å². The van der Waals surface area contributed by atoms with Crippen LogP contribution in [0.25, 0.3) is 0 Å². The molecular formula is C13H11Cl2N3O2. The highest BCUT2D eigenvalue weighted by atomic mass is 35.5. The van der Waals surface area contributed by atoms with Gasteiger partial charge in [-0.3, -0.25) is 4.79 Å². The number of nitrogens with one attached hydrogen (secondary N) is 1. The van der Waals surface area contributed by atoms with Crippen LogP contribution < -0.4 is 10.1 Å². The van der Waals surface area contributed by atoms with Gasteiger partial charge in [-0.05, 0) is 30.7 Å². The van der Waals surface area contributed by atoms with Gasteiger partial charge in [-0.15, -0.1) is 10.2 Å². The van der Waals surface area contributed by atoms with Crippen LogP contribution in [0.1, 0.15) is 16.1 Å². The molecule has 104 valence electrons. The van der Waals surface area contributed by atoms with Gasteiger partial charge in [0.05, 0.1) is 12.8 Å². The van der Waals surface area contributed by atoms with Gasteiger partial charge in [0.15, 0.2) is 10.8 Å². The second kappa shape index (κ2) is 6.07. The zero-order valence-electron chi connectivity index (χ0n) is 10.8. The fourth-order valence-corrected chi connectivity index (χ4v) is 1.81. The maximum absolute atomic E-state index is 12.0. The number of benzene rings is 1. The Morgan fingerprint density at radius 1 is 1.25 bits per heavy atom. The minimum absolute atomic E-state index is 0.157. The van der Waals surface area contributed by atoms with Crippen LogP contribution in [0.2, 0.25) is 10.2 Å². The van der Waals surface area contributed by atoms with Crippen molar-refractivity contribution in [2.24, 2.45) is 0 Å². The first kappa shape index (κ1) is 14.6. The molecule has 0 spiro atoms. The molecule has 0 aliphatic heterocycles. The van der Waals surface area contributed by atoms with E-state index in [1.807, 2.05) is 6.92 Å². The second-order valence-corrected chi connectivity index (χ2v) is 4.79. The molecule has 0 fully saturated rings. The highest BCUT2D eigenvalue weighted by molar-refractivity contribution is 6.31. The third kappa shape index (κ3) is 3.18. The number of methoxy groups -OCH3 is 1. The van der Waals surface area contributed by atoms with E-state index < -0.39 is 5.91 Å². The second-order valence-electron chi connectivity index (χ2n) is 4.00. The normalized spacial score (nSPS) is 10.2. The summed E-state index contributed by atoms with van der Waals surface area (Å²) in [6.07, 6.45) is 0. The summed E-state index contributed by atoms with van der Waals surface area (Å²) in [5.41, 5.74) is 1.49. The molecular weight excluding hydrogens is 301 g/mol. The monoisotopic (exact) mass is 311 g/mol. The first-order chi connectivity index (χ1) is 9.51. The van der Waals surface area contributed by atoms with Crippen molar-refractivity contribution < 1.29 is 9.53 Å². The summed E-state index contributed by atoms with van der Waals surface area (Å²) in [6, 6.07) is 6.34. The summed E-state index contributed by atoms with van der Waals surface area (Å²) in [5, 5.41) is 10.8. The van der Waals surface area contributed by atoms with E-state index in [1.165, 1.54) is 19.2 Å². The summed E-state index contributed by atoms with van der Waals surface area (Å²) in [5.74, 6) is 0.0602. The summed E-state index contributed by atoms with van der Waals surface area (Å²) in [7, 11) is 1.50. The number of carbonyl (C=O) groups excluding carboxylic acids is 1. The number of halogens is 2. The van der Waals surface area contributed by atoms with Gasteiger partial charge in [0.1, 0.15) is 5.75 Å². The Labute approximate surface area is 125 Å². The molecule has 20 heavy (non-hydrogen) atoms. The number of nitrogens with zero attached hydrogens (tertiary/aromatic N) is 2. The van der Waals surface area contributed by atoms with Crippen molar-refractivity contribution in [1.82, 2.24) is 10.2 Å². The molecule has 1 aromatic carbocycles. The van der Waals surface area contributed by atoms with Gasteiger partial charge in [0, 0.05) is 11.1 Å². The largest absolute Gasteiger partial charge is 0.495 e. The molecule has 1 N–H and O–H groups in total. The first-order valence-corrected chi connectivity index (χ1v) is 6.41. The van der Waals surface area contributed by atoms with Crippen molar-refractivity contribution in [3.63, 3.8) is 0 Å². The Morgan fingerprint density at radius 3 is 2.60 bits per heavy atom. The Hall–Kier alpha value is -1.85. The Morgan fingerprint density at radius 2 is 2.00 bits per heavy atom. The van der Waals surface area contributed by atoms with Crippen LogP contribution in [0.3, 0.4) is 0 Å². The molecule has 2 aromatic rings. The van der Waals surface area contributed by atoms with Crippen molar-refractivity contribution in [3.05, 3.63) is 45.7 Å². The van der Waals surface area contributed by atoms with E-state index in [2.05, 4.69) is 15.5 Å². The van der Waals surface area contributed by atoms with Crippen molar-refractivity contribution in [2.45, 2.75) is 6.92 Å². The average Bonchev–Trinajstić information content (AvgIpc) is 2.43. The van der Waals surface area contributed by atoms with Crippen molar-refractivity contribution in [2.75, 3.05) is 12.4 Å². The summed E-state index contributed by atoms with van der Waals surface area (Å²) in [6.45, 7) is 1.83. The first-order valence-electron chi connectivity index (χ1n) is 5.66. The SMILES string of the molecule is COc1cc(Cl)c(C)cc1NC(=O)c1ccc(Cl)nn1. The quantitative estimate of drug-likeness (QED) is 0.944. The highest BCUT2D eigenvalue weighted by Crippen LogP contribution is 2.31. The van der Waals surface area contributed by atoms with Gasteiger partial charge >= 0.3 is 0 Å². The Bertz CT molecular complexity index is 645. The van der Waals surface area contributed by atoms with Gasteiger partial charge in [-0.25, -0.2) is 0 Å². The Balaban J connectivity index is 2.27. The molecule has 0 saturated carbocycles. The van der Waals surface area contributed by atoms with Gasteiger partial charge < -0.3 is 10.1 Å². The number of hydrogen-bond acceptors (Lipinski definition) is 4. The number of rotatable bonds is 3. The van der Waals surface area contributed by atoms with Crippen molar-refractivity contribution in [1.29, 1.82) is 0 Å². The molecule has 0 radical (unpaired) electrons. The van der Waals surface area contributed by atoms with Crippen LogP contribution >= 0.6 is 23.2 Å². The van der Waals surface area contributed by atoms with Crippen molar-refractivity contribution >= 4 is 34.8 Å². The molecule has 7 heteroatoms. The molecule has 0 atom stereocenters. The molecule has 0 unspecified atom stereocenters. The van der Waals surface area contributed by atoms with E-state index >= 15 is 0 Å².